The van der Waals surface area contributed by atoms with Crippen LogP contribution in [0.15, 0.2) is 103 Å². The lowest BCUT2D eigenvalue weighted by atomic mass is 10.1. The molecule has 2 aromatic heterocycles. The number of nitrogens with one attached hydrogen (secondary N) is 1. The second-order valence-electron chi connectivity index (χ2n) is 9.45. The number of nitrogens with zero attached hydrogens (tertiary/aromatic N) is 2. The molecule has 3 aromatic carbocycles. The minimum atomic E-state index is -1.13. The predicted octanol–water partition coefficient (Wildman–Crippen LogP) is 5.52. The predicted molar refractivity (Wildman–Crippen MR) is 157 cm³/mol. The van der Waals surface area contributed by atoms with Gasteiger partial charge in [0.1, 0.15) is 35.5 Å². The van der Waals surface area contributed by atoms with Crippen LogP contribution in [0, 0.1) is 0 Å². The van der Waals surface area contributed by atoms with Crippen molar-refractivity contribution in [3.63, 3.8) is 0 Å². The lowest BCUT2D eigenvalue weighted by molar-refractivity contribution is -0.139. The number of hydrogen-bond donors (Lipinski definition) is 2. The summed E-state index contributed by atoms with van der Waals surface area (Å²) in [5.74, 6) is -0.215. The molecule has 8 heteroatoms. The van der Waals surface area contributed by atoms with E-state index in [1.165, 1.54) is 0 Å². The van der Waals surface area contributed by atoms with Gasteiger partial charge in [-0.05, 0) is 58.7 Å². The maximum absolute atomic E-state index is 12.9. The maximum Gasteiger partial charge on any atom is 0.326 e. The van der Waals surface area contributed by atoms with E-state index in [-0.39, 0.29) is 12.1 Å². The lowest BCUT2D eigenvalue weighted by Gasteiger charge is -2.14. The van der Waals surface area contributed by atoms with Crippen molar-refractivity contribution in [3.8, 4) is 11.5 Å². The van der Waals surface area contributed by atoms with Crippen LogP contribution in [0.2, 0.25) is 0 Å². The Labute approximate surface area is 237 Å². The number of imidazole rings is 1. The van der Waals surface area contributed by atoms with Gasteiger partial charge < -0.3 is 24.3 Å². The molecule has 5 rings (SSSR count). The second kappa shape index (κ2) is 12.7. The number of hydrogen-bond acceptors (Lipinski definition) is 5. The first kappa shape index (κ1) is 27.2. The van der Waals surface area contributed by atoms with Gasteiger partial charge in [-0.1, -0.05) is 66.7 Å². The number of carboxylic acids is 1. The topological polar surface area (TPSA) is 102 Å². The molecular weight excluding hydrogens is 518 g/mol. The number of rotatable bonds is 11. The summed E-state index contributed by atoms with van der Waals surface area (Å²) < 4.78 is 12.7. The zero-order valence-electron chi connectivity index (χ0n) is 22.4. The third-order valence-corrected chi connectivity index (χ3v) is 6.51. The minimum absolute atomic E-state index is 0.119. The minimum Gasteiger partial charge on any atom is -0.497 e. The van der Waals surface area contributed by atoms with Crippen LogP contribution >= 0.6 is 0 Å². The zero-order valence-corrected chi connectivity index (χ0v) is 22.4. The van der Waals surface area contributed by atoms with Gasteiger partial charge in [-0.2, -0.15) is 0 Å². The highest BCUT2D eigenvalue weighted by molar-refractivity contribution is 5.95. The molecule has 0 aliphatic heterocycles. The van der Waals surface area contributed by atoms with E-state index in [0.29, 0.717) is 18.0 Å². The summed E-state index contributed by atoms with van der Waals surface area (Å²) in [5, 5.41) is 12.4. The van der Waals surface area contributed by atoms with Gasteiger partial charge in [0.05, 0.1) is 7.11 Å². The highest BCUT2D eigenvalue weighted by Gasteiger charge is 2.22. The van der Waals surface area contributed by atoms with Crippen LogP contribution in [0.25, 0.3) is 17.8 Å². The Balaban J connectivity index is 1.21. The molecule has 0 radical (unpaired) electrons. The number of ether oxygens (including phenoxy) is 2. The van der Waals surface area contributed by atoms with Gasteiger partial charge in [0.15, 0.2) is 0 Å². The van der Waals surface area contributed by atoms with E-state index >= 15 is 0 Å². The fourth-order valence-electron chi connectivity index (χ4n) is 4.26. The van der Waals surface area contributed by atoms with Gasteiger partial charge >= 0.3 is 5.97 Å². The molecule has 0 unspecified atom stereocenters. The summed E-state index contributed by atoms with van der Waals surface area (Å²) in [6.07, 6.45) is 7.50. The SMILES string of the molecule is COc1ccc(/C=C/c2ccc3nc(C(=O)N[C@@H](Cc4ccc(OCc5ccccc5)cc4)C(=O)O)cn3c2)cc1. The number of methoxy groups -OCH3 is 1. The van der Waals surface area contributed by atoms with Crippen LogP contribution in [-0.4, -0.2) is 39.5 Å². The summed E-state index contributed by atoms with van der Waals surface area (Å²) >= 11 is 0. The number of pyridine rings is 1. The van der Waals surface area contributed by atoms with Crippen molar-refractivity contribution in [2.45, 2.75) is 19.1 Å². The fraction of sp³-hybridized carbons (Fsp3) is 0.121. The molecule has 2 heterocycles. The summed E-state index contributed by atoms with van der Waals surface area (Å²) in [6.45, 7) is 0.438. The number of carboxylic acid groups (broad SMARTS) is 1. The van der Waals surface area contributed by atoms with E-state index in [2.05, 4.69) is 10.3 Å². The number of fused-ring (bicyclic) bond motifs is 1. The van der Waals surface area contributed by atoms with Crippen molar-refractivity contribution in [3.05, 3.63) is 131 Å². The molecule has 0 aliphatic rings. The van der Waals surface area contributed by atoms with Crippen molar-refractivity contribution < 1.29 is 24.2 Å². The lowest BCUT2D eigenvalue weighted by Crippen LogP contribution is -2.42. The molecule has 0 saturated heterocycles. The molecule has 1 atom stereocenters. The molecule has 1 amide bonds. The summed E-state index contributed by atoms with van der Waals surface area (Å²) in [6, 6.07) is 27.3. The van der Waals surface area contributed by atoms with Crippen LogP contribution in [0.4, 0.5) is 0 Å². The van der Waals surface area contributed by atoms with E-state index < -0.39 is 17.9 Å². The normalized spacial score (nSPS) is 11.8. The Kier molecular flexibility index (Phi) is 8.40. The molecular formula is C33H29N3O5. The third-order valence-electron chi connectivity index (χ3n) is 6.51. The Bertz CT molecular complexity index is 1660. The van der Waals surface area contributed by atoms with Gasteiger partial charge in [0.2, 0.25) is 0 Å². The van der Waals surface area contributed by atoms with Crippen LogP contribution < -0.4 is 14.8 Å². The quantitative estimate of drug-likeness (QED) is 0.226. The monoisotopic (exact) mass is 547 g/mol. The van der Waals surface area contributed by atoms with Gasteiger partial charge in [0.25, 0.3) is 5.91 Å². The first-order valence-electron chi connectivity index (χ1n) is 13.1. The smallest absolute Gasteiger partial charge is 0.326 e. The van der Waals surface area contributed by atoms with Crippen LogP contribution in [0.5, 0.6) is 11.5 Å². The van der Waals surface area contributed by atoms with Crippen molar-refractivity contribution in [1.29, 1.82) is 0 Å². The first-order chi connectivity index (χ1) is 20.0. The third kappa shape index (κ3) is 7.19. The Hall–Kier alpha value is -5.37. The van der Waals surface area contributed by atoms with Gasteiger partial charge in [-0.25, -0.2) is 9.78 Å². The molecule has 0 saturated carbocycles. The van der Waals surface area contributed by atoms with Crippen molar-refractivity contribution in [2.75, 3.05) is 7.11 Å². The first-order valence-corrected chi connectivity index (χ1v) is 13.1. The van der Waals surface area contributed by atoms with E-state index in [1.807, 2.05) is 79.0 Å². The second-order valence-corrected chi connectivity index (χ2v) is 9.45. The van der Waals surface area contributed by atoms with Crippen molar-refractivity contribution in [1.82, 2.24) is 14.7 Å². The largest absolute Gasteiger partial charge is 0.497 e. The molecule has 0 spiro atoms. The Morgan fingerprint density at radius 2 is 1.54 bits per heavy atom. The highest BCUT2D eigenvalue weighted by atomic mass is 16.5. The summed E-state index contributed by atoms with van der Waals surface area (Å²) in [4.78, 5) is 29.3. The van der Waals surface area contributed by atoms with Gasteiger partial charge in [-0.15, -0.1) is 0 Å². The van der Waals surface area contributed by atoms with E-state index in [1.54, 1.807) is 48.0 Å². The summed E-state index contributed by atoms with van der Waals surface area (Å²) in [7, 11) is 1.63. The highest BCUT2D eigenvalue weighted by Crippen LogP contribution is 2.17. The molecule has 8 nitrogen and oxygen atoms in total. The number of carbonyl (C=O) groups excluding carboxylic acids is 1. The Morgan fingerprint density at radius 1 is 0.854 bits per heavy atom. The number of benzene rings is 3. The maximum atomic E-state index is 12.9. The molecule has 41 heavy (non-hydrogen) atoms. The Morgan fingerprint density at radius 3 is 2.24 bits per heavy atom. The zero-order chi connectivity index (χ0) is 28.6. The molecule has 206 valence electrons. The molecule has 0 aliphatic carbocycles. The molecule has 2 N–H and O–H groups in total. The molecule has 0 fully saturated rings. The van der Waals surface area contributed by atoms with E-state index in [9.17, 15) is 14.7 Å². The van der Waals surface area contributed by atoms with Crippen LogP contribution in [0.1, 0.15) is 32.7 Å². The van der Waals surface area contributed by atoms with E-state index in [0.717, 1.165) is 28.0 Å². The van der Waals surface area contributed by atoms with Crippen LogP contribution in [0.3, 0.4) is 0 Å². The van der Waals surface area contributed by atoms with Crippen LogP contribution in [-0.2, 0) is 17.8 Å². The van der Waals surface area contributed by atoms with Gasteiger partial charge in [0, 0.05) is 18.8 Å². The molecule has 5 aromatic rings. The number of aromatic nitrogens is 2. The fourth-order valence-corrected chi connectivity index (χ4v) is 4.26. The number of carbonyl (C=O) groups is 2. The van der Waals surface area contributed by atoms with Crippen molar-refractivity contribution >= 4 is 29.7 Å². The van der Waals surface area contributed by atoms with Gasteiger partial charge in [-0.3, -0.25) is 4.79 Å². The number of amides is 1. The van der Waals surface area contributed by atoms with E-state index in [4.69, 9.17) is 9.47 Å². The van der Waals surface area contributed by atoms with Crippen molar-refractivity contribution in [2.24, 2.45) is 0 Å². The molecule has 0 bridgehead atoms. The average Bonchev–Trinajstić information content (AvgIpc) is 3.44. The average molecular weight is 548 g/mol. The summed E-state index contributed by atoms with van der Waals surface area (Å²) in [5.41, 5.74) is 4.46. The number of aliphatic carboxylic acids is 1. The standard InChI is InChI=1S/C33H29N3O5/c1-40-27-14-9-23(10-15-27)7-8-25-13-18-31-34-30(21-36(31)20-25)32(37)35-29(33(38)39)19-24-11-16-28(17-12-24)41-22-26-5-3-2-4-6-26/h2-18,20-21,29H,19,22H2,1H3,(H,35,37)(H,38,39)/b8-7+/t29-/m0/s1.